The summed E-state index contributed by atoms with van der Waals surface area (Å²) >= 11 is 3.14. The zero-order chi connectivity index (χ0) is 17.5. The number of carbonyl (C=O) groups is 1. The van der Waals surface area contributed by atoms with Crippen LogP contribution in [0.5, 0.6) is 0 Å². The molecule has 0 spiro atoms. The normalized spacial score (nSPS) is 11.0. The van der Waals surface area contributed by atoms with Gasteiger partial charge in [0.25, 0.3) is 5.91 Å². The van der Waals surface area contributed by atoms with Crippen LogP contribution in [0.1, 0.15) is 22.5 Å². The van der Waals surface area contributed by atoms with Gasteiger partial charge in [0, 0.05) is 29.4 Å². The molecule has 0 aliphatic heterocycles. The Kier molecular flexibility index (Phi) is 6.33. The minimum atomic E-state index is -0.0940. The van der Waals surface area contributed by atoms with Crippen LogP contribution in [0.25, 0.3) is 10.6 Å². The predicted molar refractivity (Wildman–Crippen MR) is 105 cm³/mol. The Hall–Kier alpha value is -2.02. The lowest BCUT2D eigenvalue weighted by Gasteiger charge is -2.16. The molecule has 0 radical (unpaired) electrons. The van der Waals surface area contributed by atoms with Gasteiger partial charge in [0.15, 0.2) is 0 Å². The molecule has 0 saturated carbocycles. The molecule has 2 aromatic heterocycles. The minimum absolute atomic E-state index is 0.0940. The van der Waals surface area contributed by atoms with E-state index in [0.717, 1.165) is 30.1 Å². The molecule has 0 aliphatic carbocycles. The number of thiazole rings is 1. The molecular weight excluding hydrogens is 350 g/mol. The van der Waals surface area contributed by atoms with Crippen molar-refractivity contribution in [2.45, 2.75) is 13.0 Å². The molecule has 0 bridgehead atoms. The summed E-state index contributed by atoms with van der Waals surface area (Å²) in [5, 5.41) is 9.74. The third kappa shape index (κ3) is 5.22. The molecular formula is C19H21N3OS2. The van der Waals surface area contributed by atoms with E-state index in [0.29, 0.717) is 12.2 Å². The number of benzene rings is 1. The topological polar surface area (TPSA) is 45.2 Å². The van der Waals surface area contributed by atoms with Crippen LogP contribution in [-0.2, 0) is 6.54 Å². The zero-order valence-electron chi connectivity index (χ0n) is 14.1. The van der Waals surface area contributed by atoms with Gasteiger partial charge in [0.2, 0.25) is 0 Å². The molecule has 3 rings (SSSR count). The Morgan fingerprint density at radius 3 is 2.80 bits per heavy atom. The van der Waals surface area contributed by atoms with Gasteiger partial charge in [-0.05, 0) is 37.0 Å². The highest BCUT2D eigenvalue weighted by Gasteiger charge is 2.11. The van der Waals surface area contributed by atoms with Crippen molar-refractivity contribution in [1.82, 2.24) is 15.2 Å². The highest BCUT2D eigenvalue weighted by atomic mass is 32.1. The highest BCUT2D eigenvalue weighted by Crippen LogP contribution is 2.25. The molecule has 4 nitrogen and oxygen atoms in total. The maximum Gasteiger partial charge on any atom is 0.270 e. The molecule has 130 valence electrons. The van der Waals surface area contributed by atoms with E-state index in [1.807, 2.05) is 28.3 Å². The number of nitrogens with zero attached hydrogens (tertiary/aromatic N) is 2. The lowest BCUT2D eigenvalue weighted by Crippen LogP contribution is -2.28. The monoisotopic (exact) mass is 371 g/mol. The first-order valence-corrected chi connectivity index (χ1v) is 10.0. The van der Waals surface area contributed by atoms with E-state index in [2.05, 4.69) is 46.5 Å². The first-order valence-electron chi connectivity index (χ1n) is 8.21. The SMILES string of the molecule is CN(CCCNC(=O)c1csc(-c2ccsc2)n1)Cc1ccccc1. The fourth-order valence-corrected chi connectivity index (χ4v) is 4.02. The summed E-state index contributed by atoms with van der Waals surface area (Å²) < 4.78 is 0. The summed E-state index contributed by atoms with van der Waals surface area (Å²) in [6, 6.07) is 12.4. The van der Waals surface area contributed by atoms with Crippen LogP contribution >= 0.6 is 22.7 Å². The van der Waals surface area contributed by atoms with Gasteiger partial charge in [-0.2, -0.15) is 11.3 Å². The Morgan fingerprint density at radius 1 is 1.20 bits per heavy atom. The Bertz CT molecular complexity index is 784. The third-order valence-corrected chi connectivity index (χ3v) is 5.38. The van der Waals surface area contributed by atoms with Crippen molar-refractivity contribution in [1.29, 1.82) is 0 Å². The lowest BCUT2D eigenvalue weighted by molar-refractivity contribution is 0.0947. The summed E-state index contributed by atoms with van der Waals surface area (Å²) in [6.45, 7) is 2.51. The first-order chi connectivity index (χ1) is 12.2. The van der Waals surface area contributed by atoms with Crippen molar-refractivity contribution in [2.75, 3.05) is 20.1 Å². The van der Waals surface area contributed by atoms with Gasteiger partial charge in [-0.15, -0.1) is 11.3 Å². The Balaban J connectivity index is 1.39. The number of amides is 1. The van der Waals surface area contributed by atoms with Gasteiger partial charge in [-0.1, -0.05) is 30.3 Å². The third-order valence-electron chi connectivity index (χ3n) is 3.80. The van der Waals surface area contributed by atoms with Crippen LogP contribution in [0.4, 0.5) is 0 Å². The maximum atomic E-state index is 12.2. The number of hydrogen-bond acceptors (Lipinski definition) is 5. The number of thiophene rings is 1. The minimum Gasteiger partial charge on any atom is -0.351 e. The summed E-state index contributed by atoms with van der Waals surface area (Å²) in [5.41, 5.74) is 2.89. The van der Waals surface area contributed by atoms with Gasteiger partial charge < -0.3 is 10.2 Å². The molecule has 1 N–H and O–H groups in total. The molecule has 3 aromatic rings. The number of hydrogen-bond donors (Lipinski definition) is 1. The van der Waals surface area contributed by atoms with Crippen LogP contribution in [0, 0.1) is 0 Å². The van der Waals surface area contributed by atoms with Crippen molar-refractivity contribution in [2.24, 2.45) is 0 Å². The average Bonchev–Trinajstić information content (AvgIpc) is 3.30. The van der Waals surface area contributed by atoms with Crippen LogP contribution in [-0.4, -0.2) is 35.9 Å². The van der Waals surface area contributed by atoms with Crippen molar-refractivity contribution in [3.8, 4) is 10.6 Å². The Morgan fingerprint density at radius 2 is 2.04 bits per heavy atom. The number of aromatic nitrogens is 1. The molecule has 0 unspecified atom stereocenters. The molecule has 2 heterocycles. The van der Waals surface area contributed by atoms with E-state index >= 15 is 0 Å². The second-order valence-corrected chi connectivity index (χ2v) is 7.52. The second-order valence-electron chi connectivity index (χ2n) is 5.88. The summed E-state index contributed by atoms with van der Waals surface area (Å²) in [4.78, 5) is 18.9. The number of nitrogens with one attached hydrogen (secondary N) is 1. The quantitative estimate of drug-likeness (QED) is 0.606. The van der Waals surface area contributed by atoms with Crippen LogP contribution in [0.3, 0.4) is 0 Å². The molecule has 0 atom stereocenters. The molecule has 0 aliphatic rings. The Labute approximate surface area is 156 Å². The molecule has 0 saturated heterocycles. The van der Waals surface area contributed by atoms with E-state index in [4.69, 9.17) is 0 Å². The summed E-state index contributed by atoms with van der Waals surface area (Å²) in [6.07, 6.45) is 0.913. The fourth-order valence-electron chi connectivity index (χ4n) is 2.51. The van der Waals surface area contributed by atoms with Crippen LogP contribution in [0.15, 0.2) is 52.5 Å². The zero-order valence-corrected chi connectivity index (χ0v) is 15.8. The molecule has 1 aromatic carbocycles. The van der Waals surface area contributed by atoms with E-state index in [-0.39, 0.29) is 5.91 Å². The largest absolute Gasteiger partial charge is 0.351 e. The smallest absolute Gasteiger partial charge is 0.270 e. The van der Waals surface area contributed by atoms with Crippen LogP contribution < -0.4 is 5.32 Å². The van der Waals surface area contributed by atoms with E-state index < -0.39 is 0 Å². The van der Waals surface area contributed by atoms with Gasteiger partial charge in [0.05, 0.1) is 0 Å². The summed E-state index contributed by atoms with van der Waals surface area (Å²) in [7, 11) is 2.10. The van der Waals surface area contributed by atoms with E-state index in [1.165, 1.54) is 16.9 Å². The molecule has 0 fully saturated rings. The van der Waals surface area contributed by atoms with Gasteiger partial charge in [0.1, 0.15) is 10.7 Å². The molecule has 6 heteroatoms. The predicted octanol–water partition coefficient (Wildman–Crippen LogP) is 4.12. The fraction of sp³-hybridized carbons (Fsp3) is 0.263. The number of carbonyl (C=O) groups excluding carboxylic acids is 1. The van der Waals surface area contributed by atoms with Gasteiger partial charge in [-0.3, -0.25) is 4.79 Å². The van der Waals surface area contributed by atoms with Crippen molar-refractivity contribution < 1.29 is 4.79 Å². The highest BCUT2D eigenvalue weighted by molar-refractivity contribution is 7.14. The van der Waals surface area contributed by atoms with Crippen LogP contribution in [0.2, 0.25) is 0 Å². The van der Waals surface area contributed by atoms with Gasteiger partial charge >= 0.3 is 0 Å². The average molecular weight is 372 g/mol. The molecule has 25 heavy (non-hydrogen) atoms. The maximum absolute atomic E-state index is 12.2. The van der Waals surface area contributed by atoms with Crippen molar-refractivity contribution in [3.63, 3.8) is 0 Å². The summed E-state index contributed by atoms with van der Waals surface area (Å²) in [5.74, 6) is -0.0940. The first kappa shape index (κ1) is 17.8. The number of rotatable bonds is 8. The van der Waals surface area contributed by atoms with E-state index in [9.17, 15) is 4.79 Å². The standard InChI is InChI=1S/C19H21N3OS2/c1-22(12-15-6-3-2-4-7-15)10-5-9-20-18(23)17-14-25-19(21-17)16-8-11-24-13-16/h2-4,6-8,11,13-14H,5,9-10,12H2,1H3,(H,20,23). The van der Waals surface area contributed by atoms with Crippen molar-refractivity contribution in [3.05, 3.63) is 63.8 Å². The van der Waals surface area contributed by atoms with Gasteiger partial charge in [-0.25, -0.2) is 4.98 Å². The second kappa shape index (κ2) is 8.89. The van der Waals surface area contributed by atoms with Crippen molar-refractivity contribution >= 4 is 28.6 Å². The molecule has 1 amide bonds. The lowest BCUT2D eigenvalue weighted by atomic mass is 10.2. The van der Waals surface area contributed by atoms with E-state index in [1.54, 1.807) is 11.3 Å².